The lowest BCUT2D eigenvalue weighted by atomic mass is 10.0. The lowest BCUT2D eigenvalue weighted by Crippen LogP contribution is -2.10. The molecule has 2 aromatic rings. The first-order valence-electron chi connectivity index (χ1n) is 5.87. The van der Waals surface area contributed by atoms with Crippen molar-refractivity contribution in [3.8, 4) is 0 Å². The van der Waals surface area contributed by atoms with Gasteiger partial charge >= 0.3 is 5.97 Å². The third kappa shape index (κ3) is 3.37. The van der Waals surface area contributed by atoms with E-state index in [1.165, 1.54) is 18.3 Å². The number of carboxylic acids is 1. The molecule has 0 aliphatic rings. The zero-order valence-electron chi connectivity index (χ0n) is 10.5. The summed E-state index contributed by atoms with van der Waals surface area (Å²) in [6.45, 7) is -0.0358. The SMILES string of the molecule is NOCc1cc(Cc2ccc(F)cc2)cnc1C(=O)O. The fourth-order valence-electron chi connectivity index (χ4n) is 1.89. The molecule has 0 aliphatic heterocycles. The zero-order valence-corrected chi connectivity index (χ0v) is 10.5. The van der Waals surface area contributed by atoms with Crippen molar-refractivity contribution in [2.45, 2.75) is 13.0 Å². The predicted molar refractivity (Wildman–Crippen MR) is 69.4 cm³/mol. The van der Waals surface area contributed by atoms with Gasteiger partial charge in [0.05, 0.1) is 6.61 Å². The maximum atomic E-state index is 12.8. The minimum Gasteiger partial charge on any atom is -0.477 e. The Balaban J connectivity index is 2.26. The van der Waals surface area contributed by atoms with E-state index in [9.17, 15) is 9.18 Å². The Morgan fingerprint density at radius 1 is 1.30 bits per heavy atom. The van der Waals surface area contributed by atoms with E-state index in [1.54, 1.807) is 18.2 Å². The number of rotatable bonds is 5. The zero-order chi connectivity index (χ0) is 14.5. The number of nitrogens with zero attached hydrogens (tertiary/aromatic N) is 1. The summed E-state index contributed by atoms with van der Waals surface area (Å²) in [7, 11) is 0. The molecule has 0 aliphatic carbocycles. The first kappa shape index (κ1) is 14.1. The number of halogens is 1. The summed E-state index contributed by atoms with van der Waals surface area (Å²) in [4.78, 5) is 19.4. The van der Waals surface area contributed by atoms with Gasteiger partial charge in [-0.1, -0.05) is 12.1 Å². The van der Waals surface area contributed by atoms with Gasteiger partial charge in [-0.25, -0.2) is 20.1 Å². The largest absolute Gasteiger partial charge is 0.477 e. The van der Waals surface area contributed by atoms with Crippen LogP contribution >= 0.6 is 0 Å². The van der Waals surface area contributed by atoms with E-state index in [0.717, 1.165) is 11.1 Å². The van der Waals surface area contributed by atoms with E-state index in [0.29, 0.717) is 12.0 Å². The number of aromatic carboxylic acids is 1. The molecule has 0 fully saturated rings. The molecule has 0 saturated carbocycles. The van der Waals surface area contributed by atoms with Crippen LogP contribution in [0.2, 0.25) is 0 Å². The molecule has 2 rings (SSSR count). The van der Waals surface area contributed by atoms with Crippen molar-refractivity contribution >= 4 is 5.97 Å². The Hall–Kier alpha value is -2.31. The summed E-state index contributed by atoms with van der Waals surface area (Å²) in [6.07, 6.45) is 2.00. The molecular formula is C14H13FN2O3. The lowest BCUT2D eigenvalue weighted by molar-refractivity contribution is 0.0680. The van der Waals surface area contributed by atoms with Gasteiger partial charge in [-0.15, -0.1) is 0 Å². The van der Waals surface area contributed by atoms with Gasteiger partial charge < -0.3 is 5.11 Å². The van der Waals surface area contributed by atoms with E-state index < -0.39 is 5.97 Å². The Morgan fingerprint density at radius 3 is 2.60 bits per heavy atom. The molecule has 0 amide bonds. The van der Waals surface area contributed by atoms with E-state index >= 15 is 0 Å². The number of aromatic nitrogens is 1. The molecule has 3 N–H and O–H groups in total. The molecule has 0 spiro atoms. The van der Waals surface area contributed by atoms with Crippen LogP contribution in [0.25, 0.3) is 0 Å². The monoisotopic (exact) mass is 276 g/mol. The molecule has 1 aromatic carbocycles. The van der Waals surface area contributed by atoms with Crippen molar-refractivity contribution in [3.63, 3.8) is 0 Å². The van der Waals surface area contributed by atoms with Crippen LogP contribution in [0.1, 0.15) is 27.2 Å². The quantitative estimate of drug-likeness (QED) is 0.815. The van der Waals surface area contributed by atoms with Gasteiger partial charge in [-0.3, -0.25) is 4.84 Å². The molecule has 0 atom stereocenters. The maximum absolute atomic E-state index is 12.8. The van der Waals surface area contributed by atoms with E-state index in [1.807, 2.05) is 0 Å². The van der Waals surface area contributed by atoms with E-state index in [-0.39, 0.29) is 18.1 Å². The summed E-state index contributed by atoms with van der Waals surface area (Å²) in [5.74, 6) is 3.55. The molecule has 20 heavy (non-hydrogen) atoms. The average molecular weight is 276 g/mol. The minimum atomic E-state index is -1.13. The summed E-state index contributed by atoms with van der Waals surface area (Å²) in [6, 6.07) is 7.75. The van der Waals surface area contributed by atoms with E-state index in [2.05, 4.69) is 9.82 Å². The van der Waals surface area contributed by atoms with Crippen molar-refractivity contribution in [2.75, 3.05) is 0 Å². The topological polar surface area (TPSA) is 85.4 Å². The van der Waals surface area contributed by atoms with Crippen LogP contribution < -0.4 is 5.90 Å². The van der Waals surface area contributed by atoms with Crippen molar-refractivity contribution in [1.29, 1.82) is 0 Å². The van der Waals surface area contributed by atoms with Crippen LogP contribution in [0.5, 0.6) is 0 Å². The normalized spacial score (nSPS) is 10.5. The van der Waals surface area contributed by atoms with Gasteiger partial charge in [0.15, 0.2) is 5.69 Å². The molecular weight excluding hydrogens is 263 g/mol. The first-order chi connectivity index (χ1) is 9.60. The van der Waals surface area contributed by atoms with Crippen LogP contribution in [0.4, 0.5) is 4.39 Å². The van der Waals surface area contributed by atoms with Crippen LogP contribution in [0.15, 0.2) is 36.5 Å². The van der Waals surface area contributed by atoms with Crippen molar-refractivity contribution in [2.24, 2.45) is 5.90 Å². The second kappa shape index (κ2) is 6.23. The second-order valence-electron chi connectivity index (χ2n) is 4.27. The number of nitrogens with two attached hydrogens (primary N) is 1. The van der Waals surface area contributed by atoms with Crippen molar-refractivity contribution in [3.05, 3.63) is 64.7 Å². The Labute approximate surface area is 114 Å². The molecule has 5 nitrogen and oxygen atoms in total. The molecule has 6 heteroatoms. The Morgan fingerprint density at radius 2 is 2.00 bits per heavy atom. The molecule has 1 heterocycles. The van der Waals surface area contributed by atoms with Crippen LogP contribution in [0.3, 0.4) is 0 Å². The predicted octanol–water partition coefficient (Wildman–Crippen LogP) is 1.90. The summed E-state index contributed by atoms with van der Waals surface area (Å²) < 4.78 is 12.8. The molecule has 1 aromatic heterocycles. The number of carboxylic acid groups (broad SMARTS) is 1. The highest BCUT2D eigenvalue weighted by molar-refractivity contribution is 5.87. The number of hydrogen-bond donors (Lipinski definition) is 2. The number of carbonyl (C=O) groups is 1. The van der Waals surface area contributed by atoms with Gasteiger partial charge in [0.2, 0.25) is 0 Å². The molecule has 0 saturated heterocycles. The highest BCUT2D eigenvalue weighted by Gasteiger charge is 2.12. The molecule has 0 unspecified atom stereocenters. The van der Waals surface area contributed by atoms with Gasteiger partial charge in [0.1, 0.15) is 5.82 Å². The Kier molecular flexibility index (Phi) is 4.39. The number of hydrogen-bond acceptors (Lipinski definition) is 4. The lowest BCUT2D eigenvalue weighted by Gasteiger charge is -2.07. The summed E-state index contributed by atoms with van der Waals surface area (Å²) in [5, 5.41) is 9.00. The average Bonchev–Trinajstić information content (AvgIpc) is 2.42. The molecule has 0 radical (unpaired) electrons. The van der Waals surface area contributed by atoms with Gasteiger partial charge in [-0.05, 0) is 35.7 Å². The van der Waals surface area contributed by atoms with Gasteiger partial charge in [0.25, 0.3) is 0 Å². The fraction of sp³-hybridized carbons (Fsp3) is 0.143. The fourth-order valence-corrected chi connectivity index (χ4v) is 1.89. The van der Waals surface area contributed by atoms with Gasteiger partial charge in [-0.2, -0.15) is 0 Å². The molecule has 0 bridgehead atoms. The Bertz CT molecular complexity index is 614. The summed E-state index contributed by atoms with van der Waals surface area (Å²) in [5.41, 5.74) is 2.02. The standard InChI is InChI=1S/C14H13FN2O3/c15-12-3-1-9(2-4-12)5-10-6-11(8-20-16)13(14(18)19)17-7-10/h1-4,6-7H,5,8,16H2,(H,18,19). The number of pyridine rings is 1. The smallest absolute Gasteiger partial charge is 0.354 e. The maximum Gasteiger partial charge on any atom is 0.354 e. The summed E-state index contributed by atoms with van der Waals surface area (Å²) >= 11 is 0. The third-order valence-electron chi connectivity index (χ3n) is 2.79. The van der Waals surface area contributed by atoms with Gasteiger partial charge in [0, 0.05) is 11.8 Å². The highest BCUT2D eigenvalue weighted by Crippen LogP contribution is 2.14. The number of benzene rings is 1. The first-order valence-corrected chi connectivity index (χ1v) is 5.87. The highest BCUT2D eigenvalue weighted by atomic mass is 19.1. The second-order valence-corrected chi connectivity index (χ2v) is 4.27. The van der Waals surface area contributed by atoms with Crippen molar-refractivity contribution < 1.29 is 19.1 Å². The van der Waals surface area contributed by atoms with Crippen LogP contribution in [-0.4, -0.2) is 16.1 Å². The van der Waals surface area contributed by atoms with Crippen molar-refractivity contribution in [1.82, 2.24) is 4.98 Å². The van der Waals surface area contributed by atoms with Crippen LogP contribution in [0, 0.1) is 5.82 Å². The third-order valence-corrected chi connectivity index (χ3v) is 2.79. The minimum absolute atomic E-state index is 0.0358. The van der Waals surface area contributed by atoms with E-state index in [4.69, 9.17) is 11.0 Å². The van der Waals surface area contributed by atoms with Crippen LogP contribution in [-0.2, 0) is 17.9 Å². The molecule has 104 valence electrons.